The van der Waals surface area contributed by atoms with Gasteiger partial charge in [-0.25, -0.2) is 4.98 Å². The van der Waals surface area contributed by atoms with E-state index in [2.05, 4.69) is 15.0 Å². The molecule has 0 aliphatic carbocycles. The predicted octanol–water partition coefficient (Wildman–Crippen LogP) is 1.63. The molecule has 6 heteroatoms. The second-order valence-corrected chi connectivity index (χ2v) is 3.74. The fourth-order valence-electron chi connectivity index (χ4n) is 1.03. The van der Waals surface area contributed by atoms with Crippen molar-refractivity contribution in [2.75, 3.05) is 0 Å². The maximum Gasteiger partial charge on any atom is 0.251 e. The number of thiazole rings is 1. The quantitative estimate of drug-likeness (QED) is 0.794. The number of rotatable bonds is 2. The first-order valence-electron chi connectivity index (χ1n) is 3.84. The Kier molecular flexibility index (Phi) is 2.60. The molecule has 2 heterocycles. The minimum Gasteiger partial charge on any atom is -0.306 e. The lowest BCUT2D eigenvalue weighted by molar-refractivity contribution is 1.06. The van der Waals surface area contributed by atoms with Crippen molar-refractivity contribution >= 4 is 22.9 Å². The van der Waals surface area contributed by atoms with Crippen LogP contribution in [0.4, 0.5) is 0 Å². The summed E-state index contributed by atoms with van der Waals surface area (Å²) in [7, 11) is 0. The molecule has 2 aromatic rings. The summed E-state index contributed by atoms with van der Waals surface area (Å²) in [5, 5.41) is 0. The molecule has 0 aliphatic heterocycles. The highest BCUT2D eigenvalue weighted by atomic mass is 35.5. The Labute approximate surface area is 88.6 Å². The van der Waals surface area contributed by atoms with Gasteiger partial charge in [-0.3, -0.25) is 9.78 Å². The lowest BCUT2D eigenvalue weighted by Crippen LogP contribution is -2.09. The molecular formula is C8H6ClN3OS. The zero-order valence-electron chi connectivity index (χ0n) is 7.03. The number of hydrogen-bond donors (Lipinski definition) is 1. The third-order valence-corrected chi connectivity index (χ3v) is 2.65. The highest BCUT2D eigenvalue weighted by Gasteiger charge is 2.04. The fourth-order valence-corrected chi connectivity index (χ4v) is 1.73. The van der Waals surface area contributed by atoms with Crippen molar-refractivity contribution in [2.24, 2.45) is 0 Å². The molecule has 0 spiro atoms. The van der Waals surface area contributed by atoms with Gasteiger partial charge in [0.05, 0.1) is 22.0 Å². The Balaban J connectivity index is 2.54. The molecule has 0 radical (unpaired) electrons. The lowest BCUT2D eigenvalue weighted by atomic mass is 10.4. The van der Waals surface area contributed by atoms with Gasteiger partial charge in [0.15, 0.2) is 5.82 Å². The summed E-state index contributed by atoms with van der Waals surface area (Å²) in [6.07, 6.45) is 1.65. The van der Waals surface area contributed by atoms with Crippen LogP contribution < -0.4 is 5.56 Å². The van der Waals surface area contributed by atoms with Crippen molar-refractivity contribution in [3.8, 4) is 10.7 Å². The molecule has 2 aromatic heterocycles. The third-order valence-electron chi connectivity index (χ3n) is 1.60. The number of aromatic amines is 1. The molecule has 2 rings (SSSR count). The van der Waals surface area contributed by atoms with Crippen molar-refractivity contribution in [3.63, 3.8) is 0 Å². The van der Waals surface area contributed by atoms with Gasteiger partial charge in [0.1, 0.15) is 0 Å². The van der Waals surface area contributed by atoms with Crippen LogP contribution in [0.5, 0.6) is 0 Å². The summed E-state index contributed by atoms with van der Waals surface area (Å²) in [5.74, 6) is 0.756. The van der Waals surface area contributed by atoms with Crippen molar-refractivity contribution in [3.05, 3.63) is 33.8 Å². The van der Waals surface area contributed by atoms with E-state index in [0.29, 0.717) is 11.5 Å². The molecule has 0 saturated carbocycles. The van der Waals surface area contributed by atoms with Crippen molar-refractivity contribution in [1.29, 1.82) is 0 Å². The molecule has 0 atom stereocenters. The van der Waals surface area contributed by atoms with Gasteiger partial charge < -0.3 is 4.98 Å². The number of halogens is 1. The van der Waals surface area contributed by atoms with E-state index in [9.17, 15) is 4.79 Å². The second kappa shape index (κ2) is 3.89. The van der Waals surface area contributed by atoms with Gasteiger partial charge in [-0.2, -0.15) is 0 Å². The molecule has 14 heavy (non-hydrogen) atoms. The Bertz CT molecular complexity index is 480. The normalized spacial score (nSPS) is 10.4. The van der Waals surface area contributed by atoms with Gasteiger partial charge >= 0.3 is 0 Å². The zero-order chi connectivity index (χ0) is 9.97. The average molecular weight is 228 g/mol. The van der Waals surface area contributed by atoms with Gasteiger partial charge in [-0.1, -0.05) is 0 Å². The zero-order valence-corrected chi connectivity index (χ0v) is 8.60. The minimum absolute atomic E-state index is 0.195. The molecule has 0 amide bonds. The van der Waals surface area contributed by atoms with Crippen LogP contribution in [-0.2, 0) is 5.88 Å². The van der Waals surface area contributed by atoms with Crippen LogP contribution in [0.15, 0.2) is 22.6 Å². The Hall–Kier alpha value is -1.20. The van der Waals surface area contributed by atoms with Crippen LogP contribution in [0.25, 0.3) is 10.7 Å². The van der Waals surface area contributed by atoms with Gasteiger partial charge in [0, 0.05) is 12.3 Å². The SMILES string of the molecule is O=c1cc(CCl)nc(-c2cncs2)[nH]1. The summed E-state index contributed by atoms with van der Waals surface area (Å²) in [5.41, 5.74) is 2.06. The summed E-state index contributed by atoms with van der Waals surface area (Å²) in [6.45, 7) is 0. The topological polar surface area (TPSA) is 58.6 Å². The van der Waals surface area contributed by atoms with Crippen LogP contribution in [-0.4, -0.2) is 15.0 Å². The minimum atomic E-state index is -0.195. The lowest BCUT2D eigenvalue weighted by Gasteiger charge is -1.97. The van der Waals surface area contributed by atoms with Crippen LogP contribution in [0, 0.1) is 0 Å². The second-order valence-electron chi connectivity index (χ2n) is 2.58. The Morgan fingerprint density at radius 2 is 2.43 bits per heavy atom. The average Bonchev–Trinajstić information content (AvgIpc) is 2.69. The number of H-pyrrole nitrogens is 1. The van der Waals surface area contributed by atoms with Gasteiger partial charge in [0.25, 0.3) is 5.56 Å². The number of aromatic nitrogens is 3. The first-order valence-corrected chi connectivity index (χ1v) is 5.26. The maximum absolute atomic E-state index is 11.2. The molecule has 1 N–H and O–H groups in total. The van der Waals surface area contributed by atoms with E-state index in [1.807, 2.05) is 0 Å². The molecule has 4 nitrogen and oxygen atoms in total. The van der Waals surface area contributed by atoms with Gasteiger partial charge in [0.2, 0.25) is 0 Å². The molecule has 0 unspecified atom stereocenters. The van der Waals surface area contributed by atoms with Crippen molar-refractivity contribution < 1.29 is 0 Å². The van der Waals surface area contributed by atoms with Gasteiger partial charge in [-0.05, 0) is 0 Å². The van der Waals surface area contributed by atoms with E-state index in [1.165, 1.54) is 17.4 Å². The smallest absolute Gasteiger partial charge is 0.251 e. The molecule has 0 fully saturated rings. The van der Waals surface area contributed by atoms with Crippen LogP contribution in [0.2, 0.25) is 0 Å². The first-order chi connectivity index (χ1) is 6.79. The summed E-state index contributed by atoms with van der Waals surface area (Å²) in [4.78, 5) is 22.7. The molecule has 72 valence electrons. The summed E-state index contributed by atoms with van der Waals surface area (Å²) < 4.78 is 0. The highest BCUT2D eigenvalue weighted by molar-refractivity contribution is 7.13. The fraction of sp³-hybridized carbons (Fsp3) is 0.125. The standard InChI is InChI=1S/C8H6ClN3OS/c9-2-5-1-7(13)12-8(11-5)6-3-10-4-14-6/h1,3-4H,2H2,(H,11,12,13). The Morgan fingerprint density at radius 1 is 1.57 bits per heavy atom. The van der Waals surface area contributed by atoms with Crippen molar-refractivity contribution in [2.45, 2.75) is 5.88 Å². The molecular weight excluding hydrogens is 222 g/mol. The first kappa shape index (κ1) is 9.36. The third kappa shape index (κ3) is 1.83. The Morgan fingerprint density at radius 3 is 3.07 bits per heavy atom. The van der Waals surface area contributed by atoms with Gasteiger partial charge in [-0.15, -0.1) is 22.9 Å². The van der Waals surface area contributed by atoms with Crippen molar-refractivity contribution in [1.82, 2.24) is 15.0 Å². The monoisotopic (exact) mass is 227 g/mol. The molecule has 0 saturated heterocycles. The summed E-state index contributed by atoms with van der Waals surface area (Å²) in [6, 6.07) is 1.39. The van der Waals surface area contributed by atoms with E-state index < -0.39 is 0 Å². The molecule has 0 aromatic carbocycles. The number of nitrogens with zero attached hydrogens (tertiary/aromatic N) is 2. The van der Waals surface area contributed by atoms with E-state index in [0.717, 1.165) is 4.88 Å². The number of hydrogen-bond acceptors (Lipinski definition) is 4. The van der Waals surface area contributed by atoms with Crippen LogP contribution in [0.1, 0.15) is 5.69 Å². The highest BCUT2D eigenvalue weighted by Crippen LogP contribution is 2.17. The largest absolute Gasteiger partial charge is 0.306 e. The van der Waals surface area contributed by atoms with Crippen LogP contribution in [0.3, 0.4) is 0 Å². The molecule has 0 aliphatic rings. The van der Waals surface area contributed by atoms with E-state index >= 15 is 0 Å². The number of nitrogens with one attached hydrogen (secondary N) is 1. The number of alkyl halides is 1. The maximum atomic E-state index is 11.2. The van der Waals surface area contributed by atoms with E-state index in [1.54, 1.807) is 11.7 Å². The van der Waals surface area contributed by atoms with E-state index in [-0.39, 0.29) is 11.4 Å². The van der Waals surface area contributed by atoms with E-state index in [4.69, 9.17) is 11.6 Å². The predicted molar refractivity (Wildman–Crippen MR) is 55.5 cm³/mol. The molecule has 0 bridgehead atoms. The summed E-state index contributed by atoms with van der Waals surface area (Å²) >= 11 is 7.02. The van der Waals surface area contributed by atoms with Crippen LogP contribution >= 0.6 is 22.9 Å².